The number of hydrazine groups is 1. The molecule has 0 aliphatic rings. The third kappa shape index (κ3) is 4.09. The van der Waals surface area contributed by atoms with Gasteiger partial charge in [-0.15, -0.1) is 0 Å². The van der Waals surface area contributed by atoms with Crippen LogP contribution in [0.1, 0.15) is 11.1 Å². The molecule has 0 spiro atoms. The van der Waals surface area contributed by atoms with E-state index in [0.29, 0.717) is 12.0 Å². The van der Waals surface area contributed by atoms with Crippen molar-refractivity contribution < 1.29 is 4.39 Å². The number of hydrogen-bond acceptors (Lipinski definition) is 3. The number of nitrogens with two attached hydrogens (primary N) is 1. The number of rotatable bonds is 5. The van der Waals surface area contributed by atoms with Gasteiger partial charge in [0.2, 0.25) is 0 Å². The molecule has 0 fully saturated rings. The van der Waals surface area contributed by atoms with E-state index in [4.69, 9.17) is 5.84 Å². The van der Waals surface area contributed by atoms with Crippen molar-refractivity contribution in [2.24, 2.45) is 5.84 Å². The van der Waals surface area contributed by atoms with Crippen LogP contribution >= 0.6 is 15.9 Å². The van der Waals surface area contributed by atoms with E-state index in [-0.39, 0.29) is 11.9 Å². The molecule has 0 radical (unpaired) electrons. The van der Waals surface area contributed by atoms with Crippen LogP contribution in [0.25, 0.3) is 0 Å². The molecule has 1 aromatic heterocycles. The molecule has 0 saturated carbocycles. The standard InChI is InChI=1S/C14H15BrFN3/c15-12-2-1-11(14(16)9-12)8-13(19-17)7-10-3-5-18-6-4-10/h1-6,9,13,19H,7-8,17H2. The van der Waals surface area contributed by atoms with Crippen LogP contribution in [0.3, 0.4) is 0 Å². The highest BCUT2D eigenvalue weighted by Gasteiger charge is 2.12. The van der Waals surface area contributed by atoms with Crippen molar-refractivity contribution in [3.05, 3.63) is 64.1 Å². The van der Waals surface area contributed by atoms with E-state index in [1.54, 1.807) is 18.5 Å². The Morgan fingerprint density at radius 2 is 1.95 bits per heavy atom. The highest BCUT2D eigenvalue weighted by molar-refractivity contribution is 9.10. The molecule has 0 saturated heterocycles. The monoisotopic (exact) mass is 323 g/mol. The van der Waals surface area contributed by atoms with Crippen LogP contribution < -0.4 is 11.3 Å². The van der Waals surface area contributed by atoms with Crippen molar-refractivity contribution in [1.29, 1.82) is 0 Å². The van der Waals surface area contributed by atoms with Crippen LogP contribution in [0.4, 0.5) is 4.39 Å². The minimum atomic E-state index is -0.218. The smallest absolute Gasteiger partial charge is 0.127 e. The summed E-state index contributed by atoms with van der Waals surface area (Å²) < 4.78 is 14.5. The molecule has 5 heteroatoms. The van der Waals surface area contributed by atoms with Crippen LogP contribution in [0.5, 0.6) is 0 Å². The predicted molar refractivity (Wildman–Crippen MR) is 76.9 cm³/mol. The van der Waals surface area contributed by atoms with Gasteiger partial charge in [0.15, 0.2) is 0 Å². The van der Waals surface area contributed by atoms with Gasteiger partial charge in [-0.3, -0.25) is 16.3 Å². The van der Waals surface area contributed by atoms with Crippen LogP contribution in [0.2, 0.25) is 0 Å². The van der Waals surface area contributed by atoms with Gasteiger partial charge in [-0.2, -0.15) is 0 Å². The molecule has 100 valence electrons. The lowest BCUT2D eigenvalue weighted by Gasteiger charge is -2.16. The first-order valence-corrected chi connectivity index (χ1v) is 6.77. The summed E-state index contributed by atoms with van der Waals surface area (Å²) in [6.45, 7) is 0. The largest absolute Gasteiger partial charge is 0.271 e. The molecule has 1 atom stereocenters. The number of nitrogens with zero attached hydrogens (tertiary/aromatic N) is 1. The number of nitrogens with one attached hydrogen (secondary N) is 1. The molecule has 3 nitrogen and oxygen atoms in total. The zero-order valence-corrected chi connectivity index (χ0v) is 11.9. The van der Waals surface area contributed by atoms with Crippen molar-refractivity contribution >= 4 is 15.9 Å². The topological polar surface area (TPSA) is 50.9 Å². The van der Waals surface area contributed by atoms with E-state index in [2.05, 4.69) is 26.3 Å². The molecule has 0 amide bonds. The van der Waals surface area contributed by atoms with E-state index in [0.717, 1.165) is 16.5 Å². The lowest BCUT2D eigenvalue weighted by atomic mass is 10.00. The summed E-state index contributed by atoms with van der Waals surface area (Å²) in [5.74, 6) is 5.33. The van der Waals surface area contributed by atoms with E-state index in [9.17, 15) is 4.39 Å². The Morgan fingerprint density at radius 3 is 2.58 bits per heavy atom. The third-order valence-electron chi connectivity index (χ3n) is 2.95. The molecule has 0 bridgehead atoms. The summed E-state index contributed by atoms with van der Waals surface area (Å²) in [7, 11) is 0. The Labute approximate surface area is 120 Å². The Kier molecular flexibility index (Phi) is 5.01. The number of halogens is 2. The second kappa shape index (κ2) is 6.75. The first-order valence-electron chi connectivity index (χ1n) is 5.98. The molecule has 3 N–H and O–H groups in total. The molecule has 1 heterocycles. The van der Waals surface area contributed by atoms with Crippen molar-refractivity contribution in [2.75, 3.05) is 0 Å². The van der Waals surface area contributed by atoms with Gasteiger partial charge in [0, 0.05) is 22.9 Å². The average Bonchev–Trinajstić information content (AvgIpc) is 2.42. The maximum absolute atomic E-state index is 13.8. The number of pyridine rings is 1. The zero-order chi connectivity index (χ0) is 13.7. The molecule has 1 unspecified atom stereocenters. The van der Waals surface area contributed by atoms with Crippen molar-refractivity contribution in [1.82, 2.24) is 10.4 Å². The van der Waals surface area contributed by atoms with Gasteiger partial charge in [-0.1, -0.05) is 22.0 Å². The highest BCUT2D eigenvalue weighted by Crippen LogP contribution is 2.17. The van der Waals surface area contributed by atoms with Gasteiger partial charge in [0.05, 0.1) is 0 Å². The summed E-state index contributed by atoms with van der Waals surface area (Å²) >= 11 is 3.25. The molecule has 0 aliphatic heterocycles. The fraction of sp³-hybridized carbons (Fsp3) is 0.214. The first-order chi connectivity index (χ1) is 9.19. The van der Waals surface area contributed by atoms with Gasteiger partial charge in [0.25, 0.3) is 0 Å². The minimum absolute atomic E-state index is 0.0157. The number of hydrogen-bond donors (Lipinski definition) is 2. The summed E-state index contributed by atoms with van der Waals surface area (Å²) in [5, 5.41) is 0. The van der Waals surface area contributed by atoms with E-state index < -0.39 is 0 Å². The maximum atomic E-state index is 13.8. The second-order valence-electron chi connectivity index (χ2n) is 4.36. The molecule has 0 aliphatic carbocycles. The van der Waals surface area contributed by atoms with Gasteiger partial charge < -0.3 is 0 Å². The van der Waals surface area contributed by atoms with Crippen molar-refractivity contribution in [2.45, 2.75) is 18.9 Å². The highest BCUT2D eigenvalue weighted by atomic mass is 79.9. The Bertz CT molecular complexity index is 533. The van der Waals surface area contributed by atoms with E-state index in [1.165, 1.54) is 6.07 Å². The first kappa shape index (κ1) is 14.1. The molecule has 2 rings (SSSR count). The quantitative estimate of drug-likeness (QED) is 0.657. The van der Waals surface area contributed by atoms with Gasteiger partial charge in [-0.05, 0) is 48.2 Å². The molecular weight excluding hydrogens is 309 g/mol. The summed E-state index contributed by atoms with van der Waals surface area (Å²) in [5.41, 5.74) is 4.52. The Hall–Kier alpha value is -1.30. The summed E-state index contributed by atoms with van der Waals surface area (Å²) in [6.07, 6.45) is 4.75. The fourth-order valence-corrected chi connectivity index (χ4v) is 2.28. The van der Waals surface area contributed by atoms with E-state index >= 15 is 0 Å². The van der Waals surface area contributed by atoms with Gasteiger partial charge >= 0.3 is 0 Å². The average molecular weight is 324 g/mol. The number of aromatic nitrogens is 1. The molecule has 19 heavy (non-hydrogen) atoms. The van der Waals surface area contributed by atoms with Crippen LogP contribution in [-0.4, -0.2) is 11.0 Å². The van der Waals surface area contributed by atoms with Crippen LogP contribution in [0, 0.1) is 5.82 Å². The van der Waals surface area contributed by atoms with Crippen molar-refractivity contribution in [3.63, 3.8) is 0 Å². The molecule has 2 aromatic rings. The zero-order valence-electron chi connectivity index (χ0n) is 10.3. The van der Waals surface area contributed by atoms with Crippen LogP contribution in [-0.2, 0) is 12.8 Å². The lowest BCUT2D eigenvalue weighted by Crippen LogP contribution is -2.38. The molecule has 1 aromatic carbocycles. The Morgan fingerprint density at radius 1 is 1.21 bits per heavy atom. The van der Waals surface area contributed by atoms with Crippen LogP contribution in [0.15, 0.2) is 47.2 Å². The normalized spacial score (nSPS) is 12.4. The second-order valence-corrected chi connectivity index (χ2v) is 5.28. The molecular formula is C14H15BrFN3. The number of benzene rings is 1. The summed E-state index contributed by atoms with van der Waals surface area (Å²) in [4.78, 5) is 3.97. The SMILES string of the molecule is NNC(Cc1ccncc1)Cc1ccc(Br)cc1F. The van der Waals surface area contributed by atoms with Gasteiger partial charge in [-0.25, -0.2) is 4.39 Å². The van der Waals surface area contributed by atoms with Crippen molar-refractivity contribution in [3.8, 4) is 0 Å². The van der Waals surface area contributed by atoms with E-state index in [1.807, 2.05) is 18.2 Å². The summed E-state index contributed by atoms with van der Waals surface area (Å²) in [6, 6.07) is 8.92. The Balaban J connectivity index is 2.06. The third-order valence-corrected chi connectivity index (χ3v) is 3.44. The predicted octanol–water partition coefficient (Wildman–Crippen LogP) is 2.60. The fourth-order valence-electron chi connectivity index (χ4n) is 1.95. The van der Waals surface area contributed by atoms with Gasteiger partial charge in [0.1, 0.15) is 5.82 Å². The lowest BCUT2D eigenvalue weighted by molar-refractivity contribution is 0.506. The minimum Gasteiger partial charge on any atom is -0.271 e. The maximum Gasteiger partial charge on any atom is 0.127 e.